The second-order valence-electron chi connectivity index (χ2n) is 6.32. The highest BCUT2D eigenvalue weighted by atomic mass is 79.9. The Morgan fingerprint density at radius 1 is 1.12 bits per heavy atom. The third-order valence-corrected chi connectivity index (χ3v) is 4.56. The number of carbonyl (C=O) groups excluding carboxylic acids is 1. The lowest BCUT2D eigenvalue weighted by molar-refractivity contribution is 0.0482. The molecule has 25 heavy (non-hydrogen) atoms. The summed E-state index contributed by atoms with van der Waals surface area (Å²) in [7, 11) is 1.69. The molecule has 2 aromatic rings. The Labute approximate surface area is 157 Å². The number of likely N-dealkylation sites (N-methyl/N-ethyl adjacent to an activating group) is 1. The van der Waals surface area contributed by atoms with Crippen molar-refractivity contribution in [1.82, 2.24) is 4.90 Å². The van der Waals surface area contributed by atoms with Crippen molar-refractivity contribution in [3.8, 4) is 5.75 Å². The zero-order chi connectivity index (χ0) is 18.6. The minimum atomic E-state index is -0.767. The number of aliphatic hydroxyl groups is 1. The van der Waals surface area contributed by atoms with Gasteiger partial charge in [0.05, 0.1) is 23.8 Å². The Balaban J connectivity index is 2.26. The lowest BCUT2D eigenvalue weighted by atomic mass is 10.0. The van der Waals surface area contributed by atoms with Crippen LogP contribution in [0.15, 0.2) is 53.0 Å². The maximum Gasteiger partial charge on any atom is 0.257 e. The first-order valence-corrected chi connectivity index (χ1v) is 9.07. The monoisotopic (exact) mass is 405 g/mol. The Hall–Kier alpha value is -1.85. The van der Waals surface area contributed by atoms with Gasteiger partial charge in [-0.1, -0.05) is 46.3 Å². The van der Waals surface area contributed by atoms with Crippen LogP contribution in [0.2, 0.25) is 0 Å². The van der Waals surface area contributed by atoms with E-state index in [4.69, 9.17) is 4.74 Å². The van der Waals surface area contributed by atoms with Gasteiger partial charge in [0, 0.05) is 11.5 Å². The summed E-state index contributed by atoms with van der Waals surface area (Å²) in [6, 6.07) is 14.3. The topological polar surface area (TPSA) is 49.8 Å². The standard InChI is InChI=1S/C20H24BrNO3/c1-13(2)25-18-11-10-16(21)12-17(18)20(24)22(4)14(3)19(23)15-8-6-5-7-9-15/h5-14,19,23H,1-4H3. The van der Waals surface area contributed by atoms with Crippen LogP contribution in [0, 0.1) is 0 Å². The average Bonchev–Trinajstić information content (AvgIpc) is 2.61. The van der Waals surface area contributed by atoms with Crippen molar-refractivity contribution in [2.45, 2.75) is 39.0 Å². The largest absolute Gasteiger partial charge is 0.490 e. The number of hydrogen-bond acceptors (Lipinski definition) is 3. The normalized spacial score (nSPS) is 13.4. The molecule has 0 saturated carbocycles. The maximum absolute atomic E-state index is 13.0. The van der Waals surface area contributed by atoms with Crippen LogP contribution in [0.1, 0.15) is 42.8 Å². The molecule has 0 fully saturated rings. The van der Waals surface area contributed by atoms with Crippen LogP contribution < -0.4 is 4.74 Å². The molecular formula is C20H24BrNO3. The minimum absolute atomic E-state index is 0.0367. The molecule has 0 saturated heterocycles. The maximum atomic E-state index is 13.0. The van der Waals surface area contributed by atoms with Crippen molar-refractivity contribution in [3.05, 3.63) is 64.1 Å². The fraction of sp³-hybridized carbons (Fsp3) is 0.350. The molecule has 2 aromatic carbocycles. The summed E-state index contributed by atoms with van der Waals surface area (Å²) in [5.41, 5.74) is 1.25. The number of amides is 1. The van der Waals surface area contributed by atoms with Crippen LogP contribution in [0.3, 0.4) is 0 Å². The quantitative estimate of drug-likeness (QED) is 0.772. The summed E-state index contributed by atoms with van der Waals surface area (Å²) >= 11 is 3.41. The Morgan fingerprint density at radius 3 is 2.36 bits per heavy atom. The van der Waals surface area contributed by atoms with E-state index in [-0.39, 0.29) is 18.1 Å². The SMILES string of the molecule is CC(C)Oc1ccc(Br)cc1C(=O)N(C)C(C)C(O)c1ccccc1. The molecular weight excluding hydrogens is 382 g/mol. The minimum Gasteiger partial charge on any atom is -0.490 e. The van der Waals surface area contributed by atoms with Crippen LogP contribution >= 0.6 is 15.9 Å². The molecule has 0 spiro atoms. The van der Waals surface area contributed by atoms with Crippen LogP contribution in [0.5, 0.6) is 5.75 Å². The zero-order valence-corrected chi connectivity index (χ0v) is 16.5. The van der Waals surface area contributed by atoms with Crippen LogP contribution in [-0.2, 0) is 0 Å². The molecule has 134 valence electrons. The molecule has 5 heteroatoms. The van der Waals surface area contributed by atoms with Gasteiger partial charge < -0.3 is 14.7 Å². The van der Waals surface area contributed by atoms with Gasteiger partial charge in [0.1, 0.15) is 5.75 Å². The zero-order valence-electron chi connectivity index (χ0n) is 14.9. The van der Waals surface area contributed by atoms with E-state index in [2.05, 4.69) is 15.9 Å². The third kappa shape index (κ3) is 4.83. The molecule has 0 aliphatic rings. The summed E-state index contributed by atoms with van der Waals surface area (Å²) in [5, 5.41) is 10.6. The molecule has 2 rings (SSSR count). The summed E-state index contributed by atoms with van der Waals surface area (Å²) in [5.74, 6) is 0.343. The highest BCUT2D eigenvalue weighted by molar-refractivity contribution is 9.10. The van der Waals surface area contributed by atoms with Crippen LogP contribution in [0.4, 0.5) is 0 Å². The van der Waals surface area contributed by atoms with Crippen molar-refractivity contribution in [3.63, 3.8) is 0 Å². The van der Waals surface area contributed by atoms with Crippen molar-refractivity contribution in [2.24, 2.45) is 0 Å². The predicted octanol–water partition coefficient (Wildman–Crippen LogP) is 4.43. The first-order chi connectivity index (χ1) is 11.8. The first kappa shape index (κ1) is 19.5. The van der Waals surface area contributed by atoms with Gasteiger partial charge in [0.15, 0.2) is 0 Å². The van der Waals surface area contributed by atoms with Gasteiger partial charge in [-0.05, 0) is 44.5 Å². The molecule has 2 atom stereocenters. The fourth-order valence-electron chi connectivity index (χ4n) is 2.54. The van der Waals surface area contributed by atoms with Gasteiger partial charge in [0.25, 0.3) is 5.91 Å². The number of ether oxygens (including phenoxy) is 1. The number of benzene rings is 2. The first-order valence-electron chi connectivity index (χ1n) is 8.27. The molecule has 1 N–H and O–H groups in total. The van der Waals surface area contributed by atoms with Crippen molar-refractivity contribution in [2.75, 3.05) is 7.05 Å². The molecule has 0 aliphatic carbocycles. The van der Waals surface area contributed by atoms with E-state index in [9.17, 15) is 9.90 Å². The molecule has 0 radical (unpaired) electrons. The van der Waals surface area contributed by atoms with Crippen LogP contribution in [0.25, 0.3) is 0 Å². The Kier molecular flexibility index (Phi) is 6.62. The van der Waals surface area contributed by atoms with E-state index in [1.165, 1.54) is 0 Å². The van der Waals surface area contributed by atoms with Crippen LogP contribution in [-0.4, -0.2) is 35.1 Å². The molecule has 1 amide bonds. The lowest BCUT2D eigenvalue weighted by Crippen LogP contribution is -2.39. The summed E-state index contributed by atoms with van der Waals surface area (Å²) < 4.78 is 6.57. The Bertz CT molecular complexity index is 718. The molecule has 0 bridgehead atoms. The van der Waals surface area contributed by atoms with E-state index < -0.39 is 6.10 Å². The molecule has 4 nitrogen and oxygen atoms in total. The number of carbonyl (C=O) groups is 1. The summed E-state index contributed by atoms with van der Waals surface area (Å²) in [6.07, 6.45) is -0.804. The Morgan fingerprint density at radius 2 is 1.76 bits per heavy atom. The highest BCUT2D eigenvalue weighted by Gasteiger charge is 2.27. The average molecular weight is 406 g/mol. The fourth-order valence-corrected chi connectivity index (χ4v) is 2.90. The number of hydrogen-bond donors (Lipinski definition) is 1. The van der Waals surface area contributed by atoms with E-state index in [0.717, 1.165) is 10.0 Å². The van der Waals surface area contributed by atoms with Gasteiger partial charge >= 0.3 is 0 Å². The number of halogens is 1. The van der Waals surface area contributed by atoms with Gasteiger partial charge in [0.2, 0.25) is 0 Å². The number of nitrogens with zero attached hydrogens (tertiary/aromatic N) is 1. The summed E-state index contributed by atoms with van der Waals surface area (Å²) in [6.45, 7) is 5.67. The highest BCUT2D eigenvalue weighted by Crippen LogP contribution is 2.28. The molecule has 2 unspecified atom stereocenters. The second kappa shape index (κ2) is 8.50. The lowest BCUT2D eigenvalue weighted by Gasteiger charge is -2.30. The molecule has 0 aromatic heterocycles. The van der Waals surface area contributed by atoms with E-state index in [0.29, 0.717) is 11.3 Å². The van der Waals surface area contributed by atoms with E-state index >= 15 is 0 Å². The smallest absolute Gasteiger partial charge is 0.257 e. The van der Waals surface area contributed by atoms with E-state index in [1.807, 2.05) is 57.2 Å². The van der Waals surface area contributed by atoms with Crippen molar-refractivity contribution < 1.29 is 14.6 Å². The third-order valence-electron chi connectivity index (χ3n) is 4.06. The van der Waals surface area contributed by atoms with Crippen molar-refractivity contribution >= 4 is 21.8 Å². The van der Waals surface area contributed by atoms with Gasteiger partial charge in [-0.25, -0.2) is 0 Å². The second-order valence-corrected chi connectivity index (χ2v) is 7.23. The number of rotatable bonds is 6. The predicted molar refractivity (Wildman–Crippen MR) is 103 cm³/mol. The number of aliphatic hydroxyl groups excluding tert-OH is 1. The molecule has 0 aliphatic heterocycles. The van der Waals surface area contributed by atoms with Gasteiger partial charge in [-0.15, -0.1) is 0 Å². The molecule has 0 heterocycles. The van der Waals surface area contributed by atoms with Gasteiger partial charge in [-0.3, -0.25) is 4.79 Å². The van der Waals surface area contributed by atoms with Crippen molar-refractivity contribution in [1.29, 1.82) is 0 Å². The van der Waals surface area contributed by atoms with Gasteiger partial charge in [-0.2, -0.15) is 0 Å². The van der Waals surface area contributed by atoms with E-state index in [1.54, 1.807) is 24.1 Å². The summed E-state index contributed by atoms with van der Waals surface area (Å²) in [4.78, 5) is 14.5.